The Balaban J connectivity index is 2.04. The summed E-state index contributed by atoms with van der Waals surface area (Å²) in [4.78, 5) is 12.3. The molecule has 0 saturated heterocycles. The van der Waals surface area contributed by atoms with E-state index in [0.717, 1.165) is 36.2 Å². The monoisotopic (exact) mass is 298 g/mol. The average molecular weight is 298 g/mol. The Morgan fingerprint density at radius 1 is 1.09 bits per heavy atom. The molecule has 0 unspecified atom stereocenters. The van der Waals surface area contributed by atoms with Crippen LogP contribution in [-0.2, 0) is 0 Å². The minimum atomic E-state index is -0.245. The zero-order valence-electron chi connectivity index (χ0n) is 13.3. The molecule has 0 radical (unpaired) electrons. The Morgan fingerprint density at radius 3 is 2.41 bits per heavy atom. The molecule has 0 aliphatic carbocycles. The smallest absolute Gasteiger partial charge is 0.276 e. The number of nitrogens with one attached hydrogen (secondary N) is 2. The lowest BCUT2D eigenvalue weighted by atomic mass is 10.1. The molecule has 0 atom stereocenters. The summed E-state index contributed by atoms with van der Waals surface area (Å²) in [5, 5.41) is 14.1. The number of carbonyl (C=O) groups excluding carboxylic acids is 1. The second-order valence-electron chi connectivity index (χ2n) is 5.31. The SMILES string of the molecule is CCCCNc1ccc(C(=O)Nc2c(C)cccc2C)nn1. The van der Waals surface area contributed by atoms with Crippen molar-refractivity contribution in [3.63, 3.8) is 0 Å². The van der Waals surface area contributed by atoms with E-state index in [-0.39, 0.29) is 5.91 Å². The fourth-order valence-electron chi connectivity index (χ4n) is 2.13. The number of unbranched alkanes of at least 4 members (excludes halogenated alkanes) is 1. The first-order chi connectivity index (χ1) is 10.6. The third-order valence-corrected chi connectivity index (χ3v) is 3.45. The molecular formula is C17H22N4O. The molecular weight excluding hydrogens is 276 g/mol. The number of amides is 1. The van der Waals surface area contributed by atoms with Crippen molar-refractivity contribution < 1.29 is 4.79 Å². The molecule has 0 aliphatic heterocycles. The van der Waals surface area contributed by atoms with Gasteiger partial charge in [-0.2, -0.15) is 0 Å². The van der Waals surface area contributed by atoms with Crippen molar-refractivity contribution in [2.24, 2.45) is 0 Å². The van der Waals surface area contributed by atoms with Crippen LogP contribution >= 0.6 is 0 Å². The van der Waals surface area contributed by atoms with Crippen LogP contribution in [0.4, 0.5) is 11.5 Å². The number of aryl methyl sites for hydroxylation is 2. The zero-order valence-corrected chi connectivity index (χ0v) is 13.3. The summed E-state index contributed by atoms with van der Waals surface area (Å²) >= 11 is 0. The number of para-hydroxylation sites is 1. The van der Waals surface area contributed by atoms with Crippen LogP contribution in [0.1, 0.15) is 41.4 Å². The lowest BCUT2D eigenvalue weighted by Crippen LogP contribution is -2.16. The van der Waals surface area contributed by atoms with Crippen LogP contribution < -0.4 is 10.6 Å². The van der Waals surface area contributed by atoms with Crippen LogP contribution in [0, 0.1) is 13.8 Å². The number of nitrogens with zero attached hydrogens (tertiary/aromatic N) is 2. The fraction of sp³-hybridized carbons (Fsp3) is 0.353. The molecule has 0 spiro atoms. The highest BCUT2D eigenvalue weighted by molar-refractivity contribution is 6.03. The summed E-state index contributed by atoms with van der Waals surface area (Å²) in [6, 6.07) is 9.37. The van der Waals surface area contributed by atoms with Gasteiger partial charge in [0.05, 0.1) is 0 Å². The predicted octanol–water partition coefficient (Wildman–Crippen LogP) is 3.56. The molecule has 5 nitrogen and oxygen atoms in total. The number of hydrogen-bond donors (Lipinski definition) is 2. The maximum absolute atomic E-state index is 12.3. The van der Waals surface area contributed by atoms with E-state index in [2.05, 4.69) is 27.8 Å². The van der Waals surface area contributed by atoms with E-state index in [1.807, 2.05) is 32.0 Å². The van der Waals surface area contributed by atoms with E-state index in [1.165, 1.54) is 0 Å². The molecule has 2 N–H and O–H groups in total. The number of anilines is 2. The van der Waals surface area contributed by atoms with Crippen molar-refractivity contribution in [1.82, 2.24) is 10.2 Å². The number of hydrogen-bond acceptors (Lipinski definition) is 4. The molecule has 2 rings (SSSR count). The number of benzene rings is 1. The molecule has 22 heavy (non-hydrogen) atoms. The first-order valence-corrected chi connectivity index (χ1v) is 7.57. The van der Waals surface area contributed by atoms with Gasteiger partial charge in [0.25, 0.3) is 5.91 Å². The highest BCUT2D eigenvalue weighted by Crippen LogP contribution is 2.20. The van der Waals surface area contributed by atoms with Crippen LogP contribution in [0.3, 0.4) is 0 Å². The van der Waals surface area contributed by atoms with Crippen molar-refractivity contribution in [3.05, 3.63) is 47.2 Å². The molecule has 1 amide bonds. The van der Waals surface area contributed by atoms with Gasteiger partial charge >= 0.3 is 0 Å². The Labute approximate surface area is 131 Å². The van der Waals surface area contributed by atoms with Gasteiger partial charge in [-0.1, -0.05) is 31.5 Å². The third-order valence-electron chi connectivity index (χ3n) is 3.45. The second-order valence-corrected chi connectivity index (χ2v) is 5.31. The highest BCUT2D eigenvalue weighted by Gasteiger charge is 2.11. The van der Waals surface area contributed by atoms with Gasteiger partial charge in [-0.3, -0.25) is 4.79 Å². The number of rotatable bonds is 6. The minimum absolute atomic E-state index is 0.245. The summed E-state index contributed by atoms with van der Waals surface area (Å²) in [5.74, 6) is 0.446. The van der Waals surface area contributed by atoms with Crippen molar-refractivity contribution in [2.45, 2.75) is 33.6 Å². The largest absolute Gasteiger partial charge is 0.369 e. The van der Waals surface area contributed by atoms with Gasteiger partial charge < -0.3 is 10.6 Å². The third kappa shape index (κ3) is 4.04. The minimum Gasteiger partial charge on any atom is -0.369 e. The lowest BCUT2D eigenvalue weighted by Gasteiger charge is -2.11. The second kappa shape index (κ2) is 7.54. The van der Waals surface area contributed by atoms with E-state index in [1.54, 1.807) is 12.1 Å². The van der Waals surface area contributed by atoms with Crippen molar-refractivity contribution in [2.75, 3.05) is 17.2 Å². The summed E-state index contributed by atoms with van der Waals surface area (Å²) in [7, 11) is 0. The van der Waals surface area contributed by atoms with Crippen LogP contribution in [-0.4, -0.2) is 22.6 Å². The van der Waals surface area contributed by atoms with Crippen LogP contribution in [0.25, 0.3) is 0 Å². The molecule has 0 fully saturated rings. The zero-order chi connectivity index (χ0) is 15.9. The molecule has 0 aliphatic rings. The number of aromatic nitrogens is 2. The first kappa shape index (κ1) is 15.9. The van der Waals surface area contributed by atoms with Crippen LogP contribution in [0.15, 0.2) is 30.3 Å². The van der Waals surface area contributed by atoms with Gasteiger partial charge in [0, 0.05) is 12.2 Å². The topological polar surface area (TPSA) is 66.9 Å². The normalized spacial score (nSPS) is 10.3. The summed E-state index contributed by atoms with van der Waals surface area (Å²) in [5.41, 5.74) is 3.20. The van der Waals surface area contributed by atoms with Gasteiger partial charge in [-0.05, 0) is 43.5 Å². The predicted molar refractivity (Wildman–Crippen MR) is 89.3 cm³/mol. The van der Waals surface area contributed by atoms with Gasteiger partial charge in [0.15, 0.2) is 5.69 Å². The molecule has 0 saturated carbocycles. The molecule has 1 aromatic carbocycles. The first-order valence-electron chi connectivity index (χ1n) is 7.57. The standard InChI is InChI=1S/C17H22N4O/c1-4-5-11-18-15-10-9-14(20-21-15)17(22)19-16-12(2)7-6-8-13(16)3/h6-10H,4-5,11H2,1-3H3,(H,18,21)(H,19,22). The van der Waals surface area contributed by atoms with E-state index in [9.17, 15) is 4.79 Å². The lowest BCUT2D eigenvalue weighted by molar-refractivity contribution is 0.102. The summed E-state index contributed by atoms with van der Waals surface area (Å²) in [6.07, 6.45) is 2.20. The molecule has 2 aromatic rings. The number of carbonyl (C=O) groups is 1. The Kier molecular flexibility index (Phi) is 5.47. The van der Waals surface area contributed by atoms with Crippen molar-refractivity contribution >= 4 is 17.4 Å². The van der Waals surface area contributed by atoms with Crippen LogP contribution in [0.5, 0.6) is 0 Å². The summed E-state index contributed by atoms with van der Waals surface area (Å²) in [6.45, 7) is 6.93. The van der Waals surface area contributed by atoms with Crippen molar-refractivity contribution in [3.8, 4) is 0 Å². The van der Waals surface area contributed by atoms with E-state index < -0.39 is 0 Å². The molecule has 0 bridgehead atoms. The van der Waals surface area contributed by atoms with Crippen LogP contribution in [0.2, 0.25) is 0 Å². The van der Waals surface area contributed by atoms with Gasteiger partial charge in [-0.15, -0.1) is 10.2 Å². The Morgan fingerprint density at radius 2 is 1.82 bits per heavy atom. The van der Waals surface area contributed by atoms with Gasteiger partial charge in [-0.25, -0.2) is 0 Å². The van der Waals surface area contributed by atoms with E-state index >= 15 is 0 Å². The molecule has 1 heterocycles. The Hall–Kier alpha value is -2.43. The molecule has 5 heteroatoms. The molecule has 1 aromatic heterocycles. The van der Waals surface area contributed by atoms with Gasteiger partial charge in [0.2, 0.25) is 0 Å². The highest BCUT2D eigenvalue weighted by atomic mass is 16.1. The van der Waals surface area contributed by atoms with E-state index in [0.29, 0.717) is 11.5 Å². The maximum atomic E-state index is 12.3. The fourth-order valence-corrected chi connectivity index (χ4v) is 2.13. The van der Waals surface area contributed by atoms with E-state index in [4.69, 9.17) is 0 Å². The average Bonchev–Trinajstić information content (AvgIpc) is 2.52. The van der Waals surface area contributed by atoms with Gasteiger partial charge in [0.1, 0.15) is 5.82 Å². The summed E-state index contributed by atoms with van der Waals surface area (Å²) < 4.78 is 0. The Bertz CT molecular complexity index is 617. The maximum Gasteiger partial charge on any atom is 0.276 e. The van der Waals surface area contributed by atoms with Crippen molar-refractivity contribution in [1.29, 1.82) is 0 Å². The quantitative estimate of drug-likeness (QED) is 0.800. The molecule has 116 valence electrons.